The van der Waals surface area contributed by atoms with E-state index in [0.29, 0.717) is 24.0 Å². The van der Waals surface area contributed by atoms with Crippen molar-refractivity contribution >= 4 is 17.7 Å². The van der Waals surface area contributed by atoms with Crippen LogP contribution >= 0.6 is 11.8 Å². The summed E-state index contributed by atoms with van der Waals surface area (Å²) in [5.41, 5.74) is -0.758. The van der Waals surface area contributed by atoms with Gasteiger partial charge >= 0.3 is 0 Å². The molecule has 1 atom stereocenters. The number of amides is 1. The first-order valence-electron chi connectivity index (χ1n) is 8.27. The van der Waals surface area contributed by atoms with Crippen LogP contribution in [0.2, 0.25) is 0 Å². The van der Waals surface area contributed by atoms with Crippen LogP contribution in [0, 0.1) is 0 Å². The van der Waals surface area contributed by atoms with E-state index < -0.39 is 5.60 Å². The van der Waals surface area contributed by atoms with Crippen molar-refractivity contribution in [2.24, 2.45) is 0 Å². The smallest absolute Gasteiger partial charge is 0.233 e. The minimum absolute atomic E-state index is 0.0574. The van der Waals surface area contributed by atoms with Crippen molar-refractivity contribution in [2.75, 3.05) is 38.5 Å². The van der Waals surface area contributed by atoms with Crippen molar-refractivity contribution in [3.63, 3.8) is 0 Å². The van der Waals surface area contributed by atoms with Gasteiger partial charge in [-0.1, -0.05) is 11.8 Å². The fraction of sp³-hybridized carbons (Fsp3) is 0.688. The molecule has 2 fully saturated rings. The number of aromatic nitrogens is 2. The standard InChI is InChI=1S/C16H24N4O2S/c21-14(11-23-15-17-6-4-7-18-15)20-10-3-5-16(22,13-20)12-19-8-1-2-9-19/h4,6-7,22H,1-3,5,8-13H2/t16-/m1/s1. The minimum atomic E-state index is -0.758. The van der Waals surface area contributed by atoms with Crippen LogP contribution in [-0.2, 0) is 4.79 Å². The highest BCUT2D eigenvalue weighted by atomic mass is 32.2. The van der Waals surface area contributed by atoms with E-state index in [4.69, 9.17) is 0 Å². The molecule has 23 heavy (non-hydrogen) atoms. The topological polar surface area (TPSA) is 69.6 Å². The lowest BCUT2D eigenvalue weighted by atomic mass is 9.92. The van der Waals surface area contributed by atoms with Crippen molar-refractivity contribution in [3.8, 4) is 0 Å². The van der Waals surface area contributed by atoms with Gasteiger partial charge in [-0.3, -0.25) is 4.79 Å². The maximum absolute atomic E-state index is 12.4. The van der Waals surface area contributed by atoms with Gasteiger partial charge in [0.15, 0.2) is 5.16 Å². The Hall–Kier alpha value is -1.18. The number of nitrogens with zero attached hydrogens (tertiary/aromatic N) is 4. The summed E-state index contributed by atoms with van der Waals surface area (Å²) in [7, 11) is 0. The summed E-state index contributed by atoms with van der Waals surface area (Å²) in [5, 5.41) is 11.5. The number of thioether (sulfide) groups is 1. The number of carbonyl (C=O) groups excluding carboxylic acids is 1. The largest absolute Gasteiger partial charge is 0.387 e. The predicted octanol–water partition coefficient (Wildman–Crippen LogP) is 1.02. The van der Waals surface area contributed by atoms with Gasteiger partial charge in [-0.2, -0.15) is 0 Å². The van der Waals surface area contributed by atoms with Gasteiger partial charge in [0.25, 0.3) is 0 Å². The van der Waals surface area contributed by atoms with Crippen LogP contribution in [0.25, 0.3) is 0 Å². The first-order valence-corrected chi connectivity index (χ1v) is 9.26. The highest BCUT2D eigenvalue weighted by molar-refractivity contribution is 7.99. The molecule has 2 saturated heterocycles. The molecule has 126 valence electrons. The predicted molar refractivity (Wildman–Crippen MR) is 89.2 cm³/mol. The third-order valence-electron chi connectivity index (χ3n) is 4.49. The quantitative estimate of drug-likeness (QED) is 0.639. The van der Waals surface area contributed by atoms with Crippen molar-refractivity contribution in [1.29, 1.82) is 0 Å². The second kappa shape index (κ2) is 7.59. The number of hydrogen-bond donors (Lipinski definition) is 1. The van der Waals surface area contributed by atoms with Crippen molar-refractivity contribution < 1.29 is 9.90 Å². The minimum Gasteiger partial charge on any atom is -0.387 e. The van der Waals surface area contributed by atoms with Gasteiger partial charge in [0, 0.05) is 25.5 Å². The van der Waals surface area contributed by atoms with Crippen LogP contribution in [0.3, 0.4) is 0 Å². The van der Waals surface area contributed by atoms with Crippen molar-refractivity contribution in [1.82, 2.24) is 19.8 Å². The van der Waals surface area contributed by atoms with Crippen molar-refractivity contribution in [3.05, 3.63) is 18.5 Å². The third-order valence-corrected chi connectivity index (χ3v) is 5.35. The van der Waals surface area contributed by atoms with Crippen LogP contribution < -0.4 is 0 Å². The zero-order valence-electron chi connectivity index (χ0n) is 13.4. The molecule has 7 heteroatoms. The molecule has 0 aliphatic carbocycles. The van der Waals surface area contributed by atoms with Gasteiger partial charge in [0.2, 0.25) is 5.91 Å². The lowest BCUT2D eigenvalue weighted by Crippen LogP contribution is -2.55. The van der Waals surface area contributed by atoms with Gasteiger partial charge < -0.3 is 14.9 Å². The average Bonchev–Trinajstić information content (AvgIpc) is 3.06. The number of carbonyl (C=O) groups is 1. The number of likely N-dealkylation sites (tertiary alicyclic amines) is 2. The normalized spacial score (nSPS) is 25.7. The van der Waals surface area contributed by atoms with E-state index in [1.807, 2.05) is 0 Å². The molecule has 0 bridgehead atoms. The van der Waals surface area contributed by atoms with Gasteiger partial charge in [-0.15, -0.1) is 0 Å². The van der Waals surface area contributed by atoms with E-state index in [1.54, 1.807) is 23.4 Å². The number of β-amino-alcohol motifs (C(OH)–C–C–N with tert-alkyl or cyclic N) is 1. The summed E-state index contributed by atoms with van der Waals surface area (Å²) in [5.74, 6) is 0.381. The lowest BCUT2D eigenvalue weighted by molar-refractivity contribution is -0.136. The number of hydrogen-bond acceptors (Lipinski definition) is 6. The highest BCUT2D eigenvalue weighted by Crippen LogP contribution is 2.25. The van der Waals surface area contributed by atoms with Crippen LogP contribution in [0.1, 0.15) is 25.7 Å². The molecule has 2 aliphatic rings. The van der Waals surface area contributed by atoms with Gasteiger partial charge in [0.1, 0.15) is 0 Å². The Kier molecular flexibility index (Phi) is 5.50. The van der Waals surface area contributed by atoms with Gasteiger partial charge in [-0.05, 0) is 44.8 Å². The Morgan fingerprint density at radius 1 is 1.22 bits per heavy atom. The lowest BCUT2D eigenvalue weighted by Gasteiger charge is -2.41. The third kappa shape index (κ3) is 4.65. The Bertz CT molecular complexity index is 524. The Morgan fingerprint density at radius 3 is 2.70 bits per heavy atom. The molecule has 3 rings (SSSR count). The van der Waals surface area contributed by atoms with E-state index in [-0.39, 0.29) is 5.91 Å². The summed E-state index contributed by atoms with van der Waals surface area (Å²) in [6, 6.07) is 1.76. The summed E-state index contributed by atoms with van der Waals surface area (Å²) in [6.45, 7) is 4.00. The number of piperidine rings is 1. The van der Waals surface area contributed by atoms with E-state index in [0.717, 1.165) is 32.5 Å². The molecule has 0 saturated carbocycles. The second-order valence-electron chi connectivity index (χ2n) is 6.45. The zero-order chi connectivity index (χ0) is 16.1. The molecule has 0 aromatic carbocycles. The molecule has 1 N–H and O–H groups in total. The Morgan fingerprint density at radius 2 is 1.96 bits per heavy atom. The number of aliphatic hydroxyl groups is 1. The zero-order valence-corrected chi connectivity index (χ0v) is 14.2. The Balaban J connectivity index is 1.51. The molecule has 1 aromatic rings. The molecule has 0 spiro atoms. The maximum atomic E-state index is 12.4. The molecule has 1 amide bonds. The summed E-state index contributed by atoms with van der Waals surface area (Å²) in [6.07, 6.45) is 7.43. The van der Waals surface area contributed by atoms with E-state index in [9.17, 15) is 9.90 Å². The molecule has 0 radical (unpaired) electrons. The van der Waals surface area contributed by atoms with E-state index >= 15 is 0 Å². The van der Waals surface area contributed by atoms with E-state index in [1.165, 1.54) is 24.6 Å². The molecular formula is C16H24N4O2S. The van der Waals surface area contributed by atoms with Gasteiger partial charge in [0.05, 0.1) is 17.9 Å². The van der Waals surface area contributed by atoms with Crippen LogP contribution in [-0.4, -0.2) is 74.9 Å². The van der Waals surface area contributed by atoms with Crippen molar-refractivity contribution in [2.45, 2.75) is 36.4 Å². The number of rotatable bonds is 5. The molecular weight excluding hydrogens is 312 g/mol. The average molecular weight is 336 g/mol. The SMILES string of the molecule is O=C(CSc1ncccn1)N1CCC[C@@](O)(CN2CCCC2)C1. The van der Waals surface area contributed by atoms with Gasteiger partial charge in [-0.25, -0.2) is 9.97 Å². The Labute approximate surface area is 141 Å². The van der Waals surface area contributed by atoms with E-state index in [2.05, 4.69) is 14.9 Å². The second-order valence-corrected chi connectivity index (χ2v) is 7.39. The molecule has 3 heterocycles. The fourth-order valence-electron chi connectivity index (χ4n) is 3.39. The van der Waals surface area contributed by atoms with Crippen LogP contribution in [0.5, 0.6) is 0 Å². The molecule has 2 aliphatic heterocycles. The molecule has 1 aromatic heterocycles. The fourth-order valence-corrected chi connectivity index (χ4v) is 4.09. The van der Waals surface area contributed by atoms with Crippen LogP contribution in [0.4, 0.5) is 0 Å². The maximum Gasteiger partial charge on any atom is 0.233 e. The summed E-state index contributed by atoms with van der Waals surface area (Å²) < 4.78 is 0. The summed E-state index contributed by atoms with van der Waals surface area (Å²) >= 11 is 1.35. The van der Waals surface area contributed by atoms with Crippen LogP contribution in [0.15, 0.2) is 23.6 Å². The molecule has 0 unspecified atom stereocenters. The monoisotopic (exact) mass is 336 g/mol. The first kappa shape index (κ1) is 16.7. The molecule has 6 nitrogen and oxygen atoms in total. The summed E-state index contributed by atoms with van der Waals surface area (Å²) in [4.78, 5) is 24.8. The highest BCUT2D eigenvalue weighted by Gasteiger charge is 2.37. The first-order chi connectivity index (χ1) is 11.1.